The Morgan fingerprint density at radius 3 is 2.95 bits per heavy atom. The standard InChI is InChI=1S/C15H12BrN3O3/c1-22-15(21)13-12-3-2-4-17-14(12)19(18-13)11-6-9(8-20)5-10(16)7-11/h2-7,20H,8H2,1H3. The number of benzene rings is 1. The summed E-state index contributed by atoms with van der Waals surface area (Å²) in [7, 11) is 1.31. The molecule has 0 fully saturated rings. The molecule has 6 nitrogen and oxygen atoms in total. The number of methoxy groups -OCH3 is 1. The number of aliphatic hydroxyl groups excluding tert-OH is 1. The highest BCUT2D eigenvalue weighted by atomic mass is 79.9. The van der Waals surface area contributed by atoms with E-state index in [-0.39, 0.29) is 12.3 Å². The second-order valence-corrected chi connectivity index (χ2v) is 5.52. The smallest absolute Gasteiger partial charge is 0.359 e. The summed E-state index contributed by atoms with van der Waals surface area (Å²) in [6, 6.07) is 8.93. The van der Waals surface area contributed by atoms with Gasteiger partial charge in [0.15, 0.2) is 11.3 Å². The van der Waals surface area contributed by atoms with Crippen LogP contribution in [-0.4, -0.2) is 33.0 Å². The first-order valence-corrected chi connectivity index (χ1v) is 7.26. The van der Waals surface area contributed by atoms with Crippen LogP contribution in [0, 0.1) is 0 Å². The lowest BCUT2D eigenvalue weighted by Gasteiger charge is -2.06. The molecule has 7 heteroatoms. The summed E-state index contributed by atoms with van der Waals surface area (Å²) < 4.78 is 7.13. The molecule has 0 atom stereocenters. The Labute approximate surface area is 134 Å². The van der Waals surface area contributed by atoms with E-state index in [9.17, 15) is 9.90 Å². The Morgan fingerprint density at radius 1 is 1.41 bits per heavy atom. The van der Waals surface area contributed by atoms with Crippen molar-refractivity contribution in [2.45, 2.75) is 6.61 Å². The number of fused-ring (bicyclic) bond motifs is 1. The zero-order chi connectivity index (χ0) is 15.7. The minimum absolute atomic E-state index is 0.0943. The molecule has 1 aromatic carbocycles. The van der Waals surface area contributed by atoms with Gasteiger partial charge >= 0.3 is 5.97 Å². The maximum atomic E-state index is 11.9. The molecule has 3 rings (SSSR count). The van der Waals surface area contributed by atoms with Crippen LogP contribution in [0.1, 0.15) is 16.1 Å². The van der Waals surface area contributed by atoms with Crippen LogP contribution in [0.4, 0.5) is 0 Å². The van der Waals surface area contributed by atoms with Crippen molar-refractivity contribution in [1.82, 2.24) is 14.8 Å². The molecule has 0 amide bonds. The van der Waals surface area contributed by atoms with Gasteiger partial charge in [-0.05, 0) is 35.9 Å². The van der Waals surface area contributed by atoms with Crippen LogP contribution in [0.15, 0.2) is 41.0 Å². The maximum Gasteiger partial charge on any atom is 0.359 e. The first kappa shape index (κ1) is 14.7. The van der Waals surface area contributed by atoms with Crippen LogP contribution in [0.5, 0.6) is 0 Å². The Hall–Kier alpha value is -2.25. The van der Waals surface area contributed by atoms with Crippen molar-refractivity contribution in [3.05, 3.63) is 52.3 Å². The monoisotopic (exact) mass is 361 g/mol. The zero-order valence-electron chi connectivity index (χ0n) is 11.7. The van der Waals surface area contributed by atoms with E-state index in [1.54, 1.807) is 29.1 Å². The molecule has 0 saturated heterocycles. The summed E-state index contributed by atoms with van der Waals surface area (Å²) in [5.74, 6) is -0.519. The van der Waals surface area contributed by atoms with Crippen molar-refractivity contribution >= 4 is 32.9 Å². The molecule has 0 aliphatic carbocycles. The van der Waals surface area contributed by atoms with Crippen LogP contribution < -0.4 is 0 Å². The second kappa shape index (κ2) is 5.86. The van der Waals surface area contributed by atoms with Gasteiger partial charge in [-0.2, -0.15) is 5.10 Å². The fourth-order valence-corrected chi connectivity index (χ4v) is 2.75. The van der Waals surface area contributed by atoms with Gasteiger partial charge in [0.1, 0.15) is 0 Å². The van der Waals surface area contributed by atoms with E-state index in [0.29, 0.717) is 16.7 Å². The Balaban J connectivity index is 2.27. The fourth-order valence-electron chi connectivity index (χ4n) is 2.23. The van der Waals surface area contributed by atoms with Gasteiger partial charge in [-0.1, -0.05) is 15.9 Å². The number of halogens is 1. The van der Waals surface area contributed by atoms with E-state index in [2.05, 4.69) is 26.0 Å². The van der Waals surface area contributed by atoms with Crippen LogP contribution in [-0.2, 0) is 11.3 Å². The molecule has 2 aromatic heterocycles. The number of esters is 1. The number of aliphatic hydroxyl groups is 1. The third-order valence-electron chi connectivity index (χ3n) is 3.19. The molecule has 0 aliphatic rings. The van der Waals surface area contributed by atoms with Crippen LogP contribution in [0.2, 0.25) is 0 Å². The highest BCUT2D eigenvalue weighted by molar-refractivity contribution is 9.10. The van der Waals surface area contributed by atoms with Crippen molar-refractivity contribution in [2.75, 3.05) is 7.11 Å². The molecular formula is C15H12BrN3O3. The minimum atomic E-state index is -0.519. The van der Waals surface area contributed by atoms with E-state index in [1.807, 2.05) is 12.1 Å². The minimum Gasteiger partial charge on any atom is -0.464 e. The van der Waals surface area contributed by atoms with Gasteiger partial charge in [0.2, 0.25) is 0 Å². The summed E-state index contributed by atoms with van der Waals surface area (Å²) in [4.78, 5) is 16.2. The van der Waals surface area contributed by atoms with Crippen LogP contribution in [0.3, 0.4) is 0 Å². The summed E-state index contributed by atoms with van der Waals surface area (Å²) in [6.45, 7) is -0.0943. The molecular weight excluding hydrogens is 350 g/mol. The van der Waals surface area contributed by atoms with Crippen molar-refractivity contribution < 1.29 is 14.6 Å². The van der Waals surface area contributed by atoms with Crippen molar-refractivity contribution in [3.8, 4) is 5.69 Å². The average Bonchev–Trinajstić information content (AvgIpc) is 2.93. The molecule has 0 spiro atoms. The van der Waals surface area contributed by atoms with Crippen molar-refractivity contribution in [2.24, 2.45) is 0 Å². The van der Waals surface area contributed by atoms with E-state index in [0.717, 1.165) is 10.0 Å². The predicted molar refractivity (Wildman–Crippen MR) is 83.8 cm³/mol. The first-order valence-electron chi connectivity index (χ1n) is 6.47. The molecule has 0 radical (unpaired) electrons. The highest BCUT2D eigenvalue weighted by Gasteiger charge is 2.19. The first-order chi connectivity index (χ1) is 10.6. The lowest BCUT2D eigenvalue weighted by Crippen LogP contribution is -2.04. The number of carbonyl (C=O) groups excluding carboxylic acids is 1. The third kappa shape index (κ3) is 2.49. The second-order valence-electron chi connectivity index (χ2n) is 4.60. The van der Waals surface area contributed by atoms with E-state index in [1.165, 1.54) is 7.11 Å². The number of hydrogen-bond acceptors (Lipinski definition) is 5. The number of ether oxygens (including phenoxy) is 1. The molecule has 0 saturated carbocycles. The third-order valence-corrected chi connectivity index (χ3v) is 3.65. The summed E-state index contributed by atoms with van der Waals surface area (Å²) >= 11 is 3.40. The normalized spacial score (nSPS) is 10.9. The summed E-state index contributed by atoms with van der Waals surface area (Å²) in [5, 5.41) is 14.3. The molecule has 0 aliphatic heterocycles. The van der Waals surface area contributed by atoms with Crippen LogP contribution in [0.25, 0.3) is 16.7 Å². The molecule has 0 bridgehead atoms. The SMILES string of the molecule is COC(=O)c1nn(-c2cc(Br)cc(CO)c2)c2ncccc12. The van der Waals surface area contributed by atoms with Gasteiger partial charge in [-0.25, -0.2) is 14.5 Å². The molecule has 1 N–H and O–H groups in total. The van der Waals surface area contributed by atoms with E-state index in [4.69, 9.17) is 4.74 Å². The number of rotatable bonds is 3. The van der Waals surface area contributed by atoms with Gasteiger partial charge in [0.05, 0.1) is 24.8 Å². The number of nitrogens with zero attached hydrogens (tertiary/aromatic N) is 3. The molecule has 112 valence electrons. The van der Waals surface area contributed by atoms with Crippen molar-refractivity contribution in [3.63, 3.8) is 0 Å². The maximum absolute atomic E-state index is 11.9. The quantitative estimate of drug-likeness (QED) is 0.725. The van der Waals surface area contributed by atoms with Gasteiger partial charge < -0.3 is 9.84 Å². The fraction of sp³-hybridized carbons (Fsp3) is 0.133. The summed E-state index contributed by atoms with van der Waals surface area (Å²) in [5.41, 5.74) is 2.17. The van der Waals surface area contributed by atoms with Crippen molar-refractivity contribution in [1.29, 1.82) is 0 Å². The number of hydrogen-bond donors (Lipinski definition) is 1. The Bertz CT molecular complexity index is 860. The van der Waals surface area contributed by atoms with Gasteiger partial charge in [0.25, 0.3) is 0 Å². The van der Waals surface area contributed by atoms with Gasteiger partial charge in [-0.3, -0.25) is 0 Å². The number of aromatic nitrogens is 3. The lowest BCUT2D eigenvalue weighted by molar-refractivity contribution is 0.0595. The molecule has 3 aromatic rings. The van der Waals surface area contributed by atoms with E-state index >= 15 is 0 Å². The Morgan fingerprint density at radius 2 is 2.23 bits per heavy atom. The average molecular weight is 362 g/mol. The lowest BCUT2D eigenvalue weighted by atomic mass is 10.2. The van der Waals surface area contributed by atoms with E-state index < -0.39 is 5.97 Å². The molecule has 0 unspecified atom stereocenters. The van der Waals surface area contributed by atoms with Crippen LogP contribution >= 0.6 is 15.9 Å². The predicted octanol–water partition coefficient (Wildman–Crippen LogP) is 2.46. The molecule has 22 heavy (non-hydrogen) atoms. The van der Waals surface area contributed by atoms with Gasteiger partial charge in [-0.15, -0.1) is 0 Å². The Kier molecular flexibility index (Phi) is 3.91. The molecule has 2 heterocycles. The highest BCUT2D eigenvalue weighted by Crippen LogP contribution is 2.24. The topological polar surface area (TPSA) is 77.2 Å². The number of pyridine rings is 1. The van der Waals surface area contributed by atoms with Gasteiger partial charge in [0, 0.05) is 10.7 Å². The zero-order valence-corrected chi connectivity index (χ0v) is 13.2. The number of carbonyl (C=O) groups is 1. The largest absolute Gasteiger partial charge is 0.464 e. The summed E-state index contributed by atoms with van der Waals surface area (Å²) in [6.07, 6.45) is 1.63.